The largest absolute Gasteiger partial charge is 0.504 e. The van der Waals surface area contributed by atoms with Crippen molar-refractivity contribution in [2.75, 3.05) is 13.7 Å². The lowest BCUT2D eigenvalue weighted by atomic mass is 10.1. The molecule has 0 aliphatic carbocycles. The van der Waals surface area contributed by atoms with Crippen LogP contribution in [0.2, 0.25) is 0 Å². The first kappa shape index (κ1) is 18.9. The van der Waals surface area contributed by atoms with E-state index in [0.717, 1.165) is 6.08 Å². The van der Waals surface area contributed by atoms with Crippen molar-refractivity contribution in [3.8, 4) is 23.0 Å². The zero-order chi connectivity index (χ0) is 19.1. The Morgan fingerprint density at radius 2 is 1.73 bits per heavy atom. The average Bonchev–Trinajstić information content (AvgIpc) is 2.62. The lowest BCUT2D eigenvalue weighted by Gasteiger charge is -2.04. The minimum absolute atomic E-state index is 0.0157. The van der Waals surface area contributed by atoms with Gasteiger partial charge in [0.1, 0.15) is 0 Å². The molecule has 136 valence electrons. The summed E-state index contributed by atoms with van der Waals surface area (Å²) < 4.78 is 9.83. The highest BCUT2D eigenvalue weighted by atomic mass is 16.5. The number of carbonyl (C=O) groups is 2. The van der Waals surface area contributed by atoms with Crippen LogP contribution in [0.4, 0.5) is 0 Å². The summed E-state index contributed by atoms with van der Waals surface area (Å²) in [5.74, 6) is -1.39. The summed E-state index contributed by atoms with van der Waals surface area (Å²) in [6.07, 6.45) is 2.58. The highest BCUT2D eigenvalue weighted by Gasteiger charge is 2.09. The number of Topliss-reactive ketones (excluding diaryl/α,β-unsaturated/α-hetero) is 1. The number of ketones is 1. The van der Waals surface area contributed by atoms with Crippen molar-refractivity contribution in [1.82, 2.24) is 0 Å². The smallest absolute Gasteiger partial charge is 0.331 e. The van der Waals surface area contributed by atoms with Gasteiger partial charge >= 0.3 is 5.97 Å². The van der Waals surface area contributed by atoms with Gasteiger partial charge in [0.25, 0.3) is 0 Å². The Morgan fingerprint density at radius 1 is 1.00 bits per heavy atom. The molecule has 0 saturated carbocycles. The van der Waals surface area contributed by atoms with E-state index in [-0.39, 0.29) is 35.2 Å². The van der Waals surface area contributed by atoms with Crippen LogP contribution in [0, 0.1) is 0 Å². The molecule has 0 atom stereocenters. The molecule has 0 saturated heterocycles. The van der Waals surface area contributed by atoms with Crippen LogP contribution in [0.3, 0.4) is 0 Å². The Bertz CT molecular complexity index is 840. The maximum atomic E-state index is 11.8. The molecule has 0 bridgehead atoms. The van der Waals surface area contributed by atoms with Gasteiger partial charge in [-0.25, -0.2) is 4.79 Å². The molecule has 0 amide bonds. The van der Waals surface area contributed by atoms with Crippen LogP contribution in [-0.4, -0.2) is 40.8 Å². The van der Waals surface area contributed by atoms with Gasteiger partial charge in [-0.2, -0.15) is 0 Å². The Balaban J connectivity index is 1.85. The second kappa shape index (κ2) is 8.57. The minimum atomic E-state index is -0.695. The van der Waals surface area contributed by atoms with E-state index in [2.05, 4.69) is 0 Å². The summed E-state index contributed by atoms with van der Waals surface area (Å²) in [4.78, 5) is 23.5. The molecule has 0 aliphatic heterocycles. The van der Waals surface area contributed by atoms with E-state index >= 15 is 0 Å². The number of rotatable bonds is 7. The van der Waals surface area contributed by atoms with Gasteiger partial charge in [0.2, 0.25) is 0 Å². The molecule has 7 heteroatoms. The summed E-state index contributed by atoms with van der Waals surface area (Å²) in [6.45, 7) is -0.413. The lowest BCUT2D eigenvalue weighted by Crippen LogP contribution is -2.14. The van der Waals surface area contributed by atoms with E-state index in [9.17, 15) is 24.9 Å². The standard InChI is InChI=1S/C19H18O7/c1-25-18-10-12(2-6-16(18)22)4-7-19(24)26-11-14(20)8-13-3-5-15(21)17(23)9-13/h2-7,9-10,21-23H,8,11H2,1H3. The molecule has 0 aliphatic rings. The van der Waals surface area contributed by atoms with Gasteiger partial charge in [-0.3, -0.25) is 4.79 Å². The SMILES string of the molecule is COc1cc(C=CC(=O)OCC(=O)Cc2ccc(O)c(O)c2)ccc1O. The zero-order valence-electron chi connectivity index (χ0n) is 14.0. The fourth-order valence-corrected chi connectivity index (χ4v) is 2.12. The highest BCUT2D eigenvalue weighted by Crippen LogP contribution is 2.27. The topological polar surface area (TPSA) is 113 Å². The molecule has 3 N–H and O–H groups in total. The summed E-state index contributed by atoms with van der Waals surface area (Å²) in [6, 6.07) is 8.60. The van der Waals surface area contributed by atoms with Crippen molar-refractivity contribution < 1.29 is 34.4 Å². The number of esters is 1. The fraction of sp³-hybridized carbons (Fsp3) is 0.158. The molecule has 0 unspecified atom stereocenters. The van der Waals surface area contributed by atoms with Gasteiger partial charge in [0.15, 0.2) is 35.4 Å². The predicted octanol–water partition coefficient (Wildman–Crippen LogP) is 2.18. The molecule has 0 spiro atoms. The molecular weight excluding hydrogens is 340 g/mol. The van der Waals surface area contributed by atoms with Crippen molar-refractivity contribution >= 4 is 17.8 Å². The first-order valence-electron chi connectivity index (χ1n) is 7.63. The second-order valence-electron chi connectivity index (χ2n) is 5.41. The summed E-state index contributed by atoms with van der Waals surface area (Å²) in [7, 11) is 1.41. The number of hydrogen-bond donors (Lipinski definition) is 3. The van der Waals surface area contributed by atoms with Crippen LogP contribution < -0.4 is 4.74 Å². The molecule has 2 aromatic carbocycles. The molecule has 2 aromatic rings. The Labute approximate surface area is 149 Å². The van der Waals surface area contributed by atoms with E-state index in [1.807, 2.05) is 0 Å². The molecule has 0 radical (unpaired) electrons. The number of aromatic hydroxyl groups is 3. The van der Waals surface area contributed by atoms with Gasteiger partial charge in [0, 0.05) is 12.5 Å². The number of ether oxygens (including phenoxy) is 2. The number of hydrogen-bond acceptors (Lipinski definition) is 7. The summed E-state index contributed by atoms with van der Waals surface area (Å²) >= 11 is 0. The molecule has 0 heterocycles. The number of phenolic OH excluding ortho intramolecular Hbond substituents is 3. The maximum Gasteiger partial charge on any atom is 0.331 e. The van der Waals surface area contributed by atoms with Crippen molar-refractivity contribution in [3.63, 3.8) is 0 Å². The molecule has 0 aromatic heterocycles. The molecule has 2 rings (SSSR count). The van der Waals surface area contributed by atoms with Gasteiger partial charge in [-0.15, -0.1) is 0 Å². The van der Waals surface area contributed by atoms with Gasteiger partial charge in [-0.1, -0.05) is 12.1 Å². The van der Waals surface area contributed by atoms with E-state index in [4.69, 9.17) is 9.47 Å². The monoisotopic (exact) mass is 358 g/mol. The first-order chi connectivity index (χ1) is 12.4. The number of carbonyl (C=O) groups excluding carboxylic acids is 2. The average molecular weight is 358 g/mol. The second-order valence-corrected chi connectivity index (χ2v) is 5.41. The summed E-state index contributed by atoms with van der Waals surface area (Å²) in [5.41, 5.74) is 1.11. The third kappa shape index (κ3) is 5.27. The van der Waals surface area contributed by atoms with Crippen molar-refractivity contribution in [2.45, 2.75) is 6.42 Å². The van der Waals surface area contributed by atoms with Crippen molar-refractivity contribution in [3.05, 3.63) is 53.6 Å². The fourth-order valence-electron chi connectivity index (χ4n) is 2.12. The predicted molar refractivity (Wildman–Crippen MR) is 93.1 cm³/mol. The molecular formula is C19H18O7. The number of methoxy groups -OCH3 is 1. The van der Waals surface area contributed by atoms with Crippen molar-refractivity contribution in [1.29, 1.82) is 0 Å². The molecule has 7 nitrogen and oxygen atoms in total. The van der Waals surface area contributed by atoms with Gasteiger partial charge in [-0.05, 0) is 41.5 Å². The normalized spacial score (nSPS) is 10.7. The van der Waals surface area contributed by atoms with Crippen LogP contribution in [0.1, 0.15) is 11.1 Å². The van der Waals surface area contributed by atoms with E-state index in [0.29, 0.717) is 11.1 Å². The Hall–Kier alpha value is -3.48. The van der Waals surface area contributed by atoms with Crippen LogP contribution >= 0.6 is 0 Å². The zero-order valence-corrected chi connectivity index (χ0v) is 14.0. The minimum Gasteiger partial charge on any atom is -0.504 e. The van der Waals surface area contributed by atoms with Crippen LogP contribution in [-0.2, 0) is 20.7 Å². The van der Waals surface area contributed by atoms with E-state index < -0.39 is 12.6 Å². The lowest BCUT2D eigenvalue weighted by molar-refractivity contribution is -0.142. The van der Waals surface area contributed by atoms with E-state index in [1.54, 1.807) is 12.1 Å². The Morgan fingerprint density at radius 3 is 2.42 bits per heavy atom. The van der Waals surface area contributed by atoms with Crippen LogP contribution in [0.15, 0.2) is 42.5 Å². The van der Waals surface area contributed by atoms with Gasteiger partial charge < -0.3 is 24.8 Å². The molecule has 0 fully saturated rings. The first-order valence-corrected chi connectivity index (χ1v) is 7.63. The molecule has 26 heavy (non-hydrogen) atoms. The summed E-state index contributed by atoms with van der Waals surface area (Å²) in [5, 5.41) is 28.1. The third-order valence-electron chi connectivity index (χ3n) is 3.43. The quantitative estimate of drug-likeness (QED) is 0.395. The van der Waals surface area contributed by atoms with Crippen molar-refractivity contribution in [2.24, 2.45) is 0 Å². The Kier molecular flexibility index (Phi) is 6.21. The van der Waals surface area contributed by atoms with E-state index in [1.165, 1.54) is 37.5 Å². The number of phenols is 3. The van der Waals surface area contributed by atoms with Gasteiger partial charge in [0.05, 0.1) is 7.11 Å². The third-order valence-corrected chi connectivity index (χ3v) is 3.43. The maximum absolute atomic E-state index is 11.8. The van der Waals surface area contributed by atoms with Crippen LogP contribution in [0.25, 0.3) is 6.08 Å². The highest BCUT2D eigenvalue weighted by molar-refractivity contribution is 5.90. The number of benzene rings is 2. The van der Waals surface area contributed by atoms with Crippen LogP contribution in [0.5, 0.6) is 23.0 Å².